The normalized spacial score (nSPS) is 13.8. The van der Waals surface area contributed by atoms with Gasteiger partial charge in [-0.3, -0.25) is 0 Å². The summed E-state index contributed by atoms with van der Waals surface area (Å²) < 4.78 is 18.4. The summed E-state index contributed by atoms with van der Waals surface area (Å²) in [7, 11) is 5.26. The standard InChI is InChI=1S/C14H22FNO2/c1-14(2,16(3)4)13(17)9-10-6-7-12(18-5)11(15)8-10/h6-8,13,17H,9H2,1-5H3. The first-order chi connectivity index (χ1) is 8.28. The molecule has 0 aliphatic carbocycles. The highest BCUT2D eigenvalue weighted by atomic mass is 19.1. The maximum Gasteiger partial charge on any atom is 0.165 e. The summed E-state index contributed by atoms with van der Waals surface area (Å²) in [6.07, 6.45) is -0.160. The van der Waals surface area contributed by atoms with Crippen LogP contribution in [0.4, 0.5) is 4.39 Å². The molecule has 1 unspecified atom stereocenters. The van der Waals surface area contributed by atoms with Crippen molar-refractivity contribution in [2.75, 3.05) is 21.2 Å². The summed E-state index contributed by atoms with van der Waals surface area (Å²) in [6.45, 7) is 3.91. The third-order valence-electron chi connectivity index (χ3n) is 3.61. The van der Waals surface area contributed by atoms with E-state index in [4.69, 9.17) is 4.74 Å². The highest BCUT2D eigenvalue weighted by Gasteiger charge is 2.30. The second-order valence-corrected chi connectivity index (χ2v) is 5.24. The minimum atomic E-state index is -0.569. The van der Waals surface area contributed by atoms with E-state index in [1.165, 1.54) is 13.2 Å². The molecule has 0 aliphatic heterocycles. The number of halogens is 1. The zero-order valence-electron chi connectivity index (χ0n) is 11.7. The minimum absolute atomic E-state index is 0.222. The van der Waals surface area contributed by atoms with Crippen LogP contribution in [-0.4, -0.2) is 42.9 Å². The highest BCUT2D eigenvalue weighted by Crippen LogP contribution is 2.22. The summed E-state index contributed by atoms with van der Waals surface area (Å²) >= 11 is 0. The summed E-state index contributed by atoms with van der Waals surface area (Å²) in [5, 5.41) is 10.2. The molecular weight excluding hydrogens is 233 g/mol. The fourth-order valence-corrected chi connectivity index (χ4v) is 1.61. The Morgan fingerprint density at radius 1 is 1.39 bits per heavy atom. The molecule has 18 heavy (non-hydrogen) atoms. The molecule has 0 aliphatic rings. The number of aliphatic hydroxyl groups is 1. The second kappa shape index (κ2) is 5.67. The van der Waals surface area contributed by atoms with Crippen LogP contribution in [0.15, 0.2) is 18.2 Å². The van der Waals surface area contributed by atoms with Crippen LogP contribution < -0.4 is 4.74 Å². The molecular formula is C14H22FNO2. The predicted molar refractivity (Wildman–Crippen MR) is 70.4 cm³/mol. The molecule has 0 fully saturated rings. The van der Waals surface area contributed by atoms with Crippen molar-refractivity contribution in [1.82, 2.24) is 4.90 Å². The lowest BCUT2D eigenvalue weighted by Gasteiger charge is -2.37. The monoisotopic (exact) mass is 255 g/mol. The molecule has 1 aromatic carbocycles. The van der Waals surface area contributed by atoms with Crippen molar-refractivity contribution in [3.8, 4) is 5.75 Å². The van der Waals surface area contributed by atoms with E-state index in [1.807, 2.05) is 32.8 Å². The summed E-state index contributed by atoms with van der Waals surface area (Å²) in [5.41, 5.74) is 0.395. The van der Waals surface area contributed by atoms with E-state index in [0.29, 0.717) is 6.42 Å². The first kappa shape index (κ1) is 14.9. The highest BCUT2D eigenvalue weighted by molar-refractivity contribution is 5.29. The number of likely N-dealkylation sites (N-methyl/N-ethyl adjacent to an activating group) is 1. The molecule has 102 valence electrons. The van der Waals surface area contributed by atoms with Crippen molar-refractivity contribution in [2.45, 2.75) is 31.9 Å². The maximum atomic E-state index is 13.5. The van der Waals surface area contributed by atoms with E-state index in [1.54, 1.807) is 12.1 Å². The molecule has 3 nitrogen and oxygen atoms in total. The molecule has 0 amide bonds. The Bertz CT molecular complexity index is 405. The van der Waals surface area contributed by atoms with Crippen LogP contribution in [0.2, 0.25) is 0 Å². The van der Waals surface area contributed by atoms with Crippen molar-refractivity contribution >= 4 is 0 Å². The van der Waals surface area contributed by atoms with Crippen LogP contribution in [0.25, 0.3) is 0 Å². The van der Waals surface area contributed by atoms with Crippen molar-refractivity contribution < 1.29 is 14.2 Å². The summed E-state index contributed by atoms with van der Waals surface area (Å²) in [5.74, 6) is -0.176. The average Bonchev–Trinajstić information content (AvgIpc) is 2.28. The Labute approximate surface area is 108 Å². The molecule has 1 aromatic rings. The van der Waals surface area contributed by atoms with E-state index >= 15 is 0 Å². The molecule has 0 heterocycles. The van der Waals surface area contributed by atoms with Crippen molar-refractivity contribution in [2.24, 2.45) is 0 Å². The SMILES string of the molecule is COc1ccc(CC(O)C(C)(C)N(C)C)cc1F. The van der Waals surface area contributed by atoms with E-state index in [-0.39, 0.29) is 11.3 Å². The lowest BCUT2D eigenvalue weighted by Crippen LogP contribution is -2.49. The lowest BCUT2D eigenvalue weighted by atomic mass is 9.91. The molecule has 0 spiro atoms. The largest absolute Gasteiger partial charge is 0.494 e. The first-order valence-corrected chi connectivity index (χ1v) is 5.97. The van der Waals surface area contributed by atoms with Gasteiger partial charge < -0.3 is 14.7 Å². The van der Waals surface area contributed by atoms with Crippen LogP contribution in [-0.2, 0) is 6.42 Å². The fourth-order valence-electron chi connectivity index (χ4n) is 1.61. The van der Waals surface area contributed by atoms with Gasteiger partial charge in [0.1, 0.15) is 0 Å². The van der Waals surface area contributed by atoms with Crippen LogP contribution in [0.3, 0.4) is 0 Å². The average molecular weight is 255 g/mol. The number of nitrogens with zero attached hydrogens (tertiary/aromatic N) is 1. The van der Waals surface area contributed by atoms with E-state index in [0.717, 1.165) is 5.56 Å². The van der Waals surface area contributed by atoms with Crippen LogP contribution in [0.1, 0.15) is 19.4 Å². The Morgan fingerprint density at radius 2 is 2.00 bits per heavy atom. The van der Waals surface area contributed by atoms with Gasteiger partial charge >= 0.3 is 0 Å². The van der Waals surface area contributed by atoms with Crippen LogP contribution in [0.5, 0.6) is 5.75 Å². The van der Waals surface area contributed by atoms with Gasteiger partial charge in [-0.15, -0.1) is 0 Å². The molecule has 0 bridgehead atoms. The number of benzene rings is 1. The number of methoxy groups -OCH3 is 1. The Kier molecular flexibility index (Phi) is 4.71. The molecule has 1 N–H and O–H groups in total. The molecule has 0 saturated heterocycles. The number of hydrogen-bond donors (Lipinski definition) is 1. The molecule has 0 radical (unpaired) electrons. The predicted octanol–water partition coefficient (Wildman–Crippen LogP) is 2.08. The Morgan fingerprint density at radius 3 is 2.44 bits per heavy atom. The van der Waals surface area contributed by atoms with Gasteiger partial charge in [-0.05, 0) is 45.6 Å². The summed E-state index contributed by atoms with van der Waals surface area (Å²) in [4.78, 5) is 1.96. The van der Waals surface area contributed by atoms with Gasteiger partial charge in [0.15, 0.2) is 11.6 Å². The van der Waals surface area contributed by atoms with E-state index in [2.05, 4.69) is 0 Å². The van der Waals surface area contributed by atoms with E-state index in [9.17, 15) is 9.50 Å². The summed E-state index contributed by atoms with van der Waals surface area (Å²) in [6, 6.07) is 4.77. The van der Waals surface area contributed by atoms with E-state index < -0.39 is 11.9 Å². The smallest absolute Gasteiger partial charge is 0.165 e. The van der Waals surface area contributed by atoms with Gasteiger partial charge in [-0.25, -0.2) is 4.39 Å². The van der Waals surface area contributed by atoms with Crippen molar-refractivity contribution in [3.63, 3.8) is 0 Å². The lowest BCUT2D eigenvalue weighted by molar-refractivity contribution is 0.0182. The first-order valence-electron chi connectivity index (χ1n) is 5.97. The fraction of sp³-hybridized carbons (Fsp3) is 0.571. The molecule has 0 saturated carbocycles. The Hall–Kier alpha value is -1.13. The number of ether oxygens (including phenoxy) is 1. The van der Waals surface area contributed by atoms with Gasteiger partial charge in [0.05, 0.1) is 13.2 Å². The van der Waals surface area contributed by atoms with Gasteiger partial charge in [0.2, 0.25) is 0 Å². The third kappa shape index (κ3) is 3.21. The van der Waals surface area contributed by atoms with Gasteiger partial charge in [0, 0.05) is 12.0 Å². The Balaban J connectivity index is 2.82. The number of aliphatic hydroxyl groups excluding tert-OH is 1. The molecule has 4 heteroatoms. The van der Waals surface area contributed by atoms with Gasteiger partial charge in [-0.1, -0.05) is 6.07 Å². The molecule has 1 rings (SSSR count). The minimum Gasteiger partial charge on any atom is -0.494 e. The maximum absolute atomic E-state index is 13.5. The quantitative estimate of drug-likeness (QED) is 0.874. The van der Waals surface area contributed by atoms with Crippen LogP contribution in [0, 0.1) is 5.82 Å². The third-order valence-corrected chi connectivity index (χ3v) is 3.61. The van der Waals surface area contributed by atoms with Crippen LogP contribution >= 0.6 is 0 Å². The van der Waals surface area contributed by atoms with Gasteiger partial charge in [-0.2, -0.15) is 0 Å². The molecule has 1 atom stereocenters. The topological polar surface area (TPSA) is 32.7 Å². The zero-order chi connectivity index (χ0) is 13.9. The second-order valence-electron chi connectivity index (χ2n) is 5.24. The number of hydrogen-bond acceptors (Lipinski definition) is 3. The zero-order valence-corrected chi connectivity index (χ0v) is 11.7. The van der Waals surface area contributed by atoms with Crippen molar-refractivity contribution in [1.29, 1.82) is 0 Å². The van der Waals surface area contributed by atoms with Crippen molar-refractivity contribution in [3.05, 3.63) is 29.6 Å². The van der Waals surface area contributed by atoms with Gasteiger partial charge in [0.25, 0.3) is 0 Å². The number of rotatable bonds is 5. The molecule has 0 aromatic heterocycles.